The molecule has 0 radical (unpaired) electrons. The largest absolute Gasteiger partial charge is 0.386 e. The maximum atomic E-state index is 12.7. The molecule has 26 heavy (non-hydrogen) atoms. The standard InChI is InChI=1S/C23H42N2O/c1-22(25-18-9-4-10-19-25)15-11-14-21(24-16-7-3-8-17-24)23(22,26)20-12-5-2-6-13-20/h20-21,26H,2-19H2,1H3. The lowest BCUT2D eigenvalue weighted by atomic mass is 9.57. The van der Waals surface area contributed by atoms with Crippen molar-refractivity contribution < 1.29 is 5.11 Å². The van der Waals surface area contributed by atoms with E-state index < -0.39 is 5.60 Å². The first-order chi connectivity index (χ1) is 12.7. The van der Waals surface area contributed by atoms with Crippen LogP contribution in [-0.2, 0) is 0 Å². The van der Waals surface area contributed by atoms with Gasteiger partial charge in [-0.3, -0.25) is 9.80 Å². The number of rotatable bonds is 3. The Balaban J connectivity index is 1.68. The van der Waals surface area contributed by atoms with Gasteiger partial charge >= 0.3 is 0 Å². The van der Waals surface area contributed by atoms with Gasteiger partial charge < -0.3 is 5.11 Å². The Morgan fingerprint density at radius 3 is 1.92 bits per heavy atom. The molecule has 3 heteroatoms. The molecular weight excluding hydrogens is 320 g/mol. The third-order valence-corrected chi connectivity index (χ3v) is 8.62. The van der Waals surface area contributed by atoms with Crippen molar-refractivity contribution in [2.75, 3.05) is 26.2 Å². The van der Waals surface area contributed by atoms with Crippen LogP contribution in [0, 0.1) is 5.92 Å². The number of piperidine rings is 2. The van der Waals surface area contributed by atoms with Gasteiger partial charge in [-0.2, -0.15) is 0 Å². The Morgan fingerprint density at radius 2 is 1.27 bits per heavy atom. The molecular formula is C23H42N2O. The third kappa shape index (κ3) is 3.26. The summed E-state index contributed by atoms with van der Waals surface area (Å²) >= 11 is 0. The number of likely N-dealkylation sites (tertiary alicyclic amines) is 2. The van der Waals surface area contributed by atoms with E-state index in [0.717, 1.165) is 0 Å². The average Bonchev–Trinajstić information content (AvgIpc) is 2.72. The zero-order valence-electron chi connectivity index (χ0n) is 17.2. The molecule has 2 saturated carbocycles. The van der Waals surface area contributed by atoms with E-state index in [2.05, 4.69) is 16.7 Å². The van der Waals surface area contributed by atoms with Crippen LogP contribution in [0.4, 0.5) is 0 Å². The second-order valence-corrected chi connectivity index (χ2v) is 9.99. The van der Waals surface area contributed by atoms with Gasteiger partial charge in [-0.05, 0) is 96.8 Å². The van der Waals surface area contributed by atoms with E-state index in [4.69, 9.17) is 0 Å². The molecule has 0 bridgehead atoms. The minimum Gasteiger partial charge on any atom is -0.386 e. The highest BCUT2D eigenvalue weighted by atomic mass is 16.3. The summed E-state index contributed by atoms with van der Waals surface area (Å²) < 4.78 is 0. The highest BCUT2D eigenvalue weighted by Gasteiger charge is 2.61. The van der Waals surface area contributed by atoms with Crippen LogP contribution in [0.2, 0.25) is 0 Å². The summed E-state index contributed by atoms with van der Waals surface area (Å²) in [4.78, 5) is 5.46. The van der Waals surface area contributed by atoms with Crippen LogP contribution < -0.4 is 0 Å². The highest BCUT2D eigenvalue weighted by molar-refractivity contribution is 5.16. The van der Waals surface area contributed by atoms with Crippen molar-refractivity contribution in [3.05, 3.63) is 0 Å². The van der Waals surface area contributed by atoms with Gasteiger partial charge in [0.25, 0.3) is 0 Å². The van der Waals surface area contributed by atoms with Gasteiger partial charge in [0.05, 0.1) is 0 Å². The molecule has 3 nitrogen and oxygen atoms in total. The number of nitrogens with zero attached hydrogens (tertiary/aromatic N) is 2. The predicted molar refractivity (Wildman–Crippen MR) is 108 cm³/mol. The molecule has 2 aliphatic carbocycles. The minimum atomic E-state index is -0.514. The van der Waals surface area contributed by atoms with Crippen LogP contribution in [0.5, 0.6) is 0 Å². The van der Waals surface area contributed by atoms with Crippen molar-refractivity contribution in [3.8, 4) is 0 Å². The second-order valence-electron chi connectivity index (χ2n) is 9.99. The summed E-state index contributed by atoms with van der Waals surface area (Å²) in [5, 5.41) is 12.7. The van der Waals surface area contributed by atoms with Crippen molar-refractivity contribution in [3.63, 3.8) is 0 Å². The van der Waals surface area contributed by atoms with Gasteiger partial charge in [0.1, 0.15) is 5.60 Å². The van der Waals surface area contributed by atoms with Gasteiger partial charge in [0.15, 0.2) is 0 Å². The molecule has 4 aliphatic rings. The topological polar surface area (TPSA) is 26.7 Å². The van der Waals surface area contributed by atoms with E-state index in [1.807, 2.05) is 0 Å². The fourth-order valence-corrected chi connectivity index (χ4v) is 7.16. The molecule has 150 valence electrons. The van der Waals surface area contributed by atoms with Crippen molar-refractivity contribution in [2.45, 2.75) is 114 Å². The first-order valence-corrected chi connectivity index (χ1v) is 11.9. The molecule has 4 rings (SSSR count). The summed E-state index contributed by atoms with van der Waals surface area (Å²) in [5.41, 5.74) is -0.532. The Morgan fingerprint density at radius 1 is 0.692 bits per heavy atom. The summed E-state index contributed by atoms with van der Waals surface area (Å²) in [6.07, 6.45) is 18.3. The molecule has 0 aromatic rings. The SMILES string of the molecule is CC1(N2CCCCC2)CCCC(N2CCCCC2)C1(O)C1CCCCC1. The summed E-state index contributed by atoms with van der Waals surface area (Å²) in [5.74, 6) is 0.510. The molecule has 0 aromatic heterocycles. The van der Waals surface area contributed by atoms with Crippen LogP contribution in [0.25, 0.3) is 0 Å². The number of aliphatic hydroxyl groups is 1. The molecule has 1 N–H and O–H groups in total. The first kappa shape index (κ1) is 19.2. The molecule has 0 spiro atoms. The zero-order chi connectivity index (χ0) is 18.0. The summed E-state index contributed by atoms with van der Waals surface area (Å²) in [6.45, 7) is 7.31. The first-order valence-electron chi connectivity index (χ1n) is 11.9. The van der Waals surface area contributed by atoms with E-state index in [1.54, 1.807) is 0 Å². The maximum Gasteiger partial charge on any atom is 0.101 e. The summed E-state index contributed by atoms with van der Waals surface area (Å²) in [6, 6.07) is 0.395. The predicted octanol–water partition coefficient (Wildman–Crippen LogP) is 4.58. The van der Waals surface area contributed by atoms with E-state index in [-0.39, 0.29) is 5.54 Å². The van der Waals surface area contributed by atoms with Gasteiger partial charge in [0, 0.05) is 11.6 Å². The summed E-state index contributed by atoms with van der Waals surface area (Å²) in [7, 11) is 0. The Hall–Kier alpha value is -0.120. The quantitative estimate of drug-likeness (QED) is 0.796. The van der Waals surface area contributed by atoms with E-state index >= 15 is 0 Å². The maximum absolute atomic E-state index is 12.7. The lowest BCUT2D eigenvalue weighted by Crippen LogP contribution is -2.75. The normalized spacial score (nSPS) is 42.0. The van der Waals surface area contributed by atoms with Gasteiger partial charge in [-0.25, -0.2) is 0 Å². The van der Waals surface area contributed by atoms with Gasteiger partial charge in [0.2, 0.25) is 0 Å². The highest BCUT2D eigenvalue weighted by Crippen LogP contribution is 2.52. The lowest BCUT2D eigenvalue weighted by Gasteiger charge is -2.63. The molecule has 3 atom stereocenters. The Kier molecular flexibility index (Phi) is 5.98. The Bertz CT molecular complexity index is 451. The molecule has 2 heterocycles. The van der Waals surface area contributed by atoms with Crippen molar-refractivity contribution >= 4 is 0 Å². The molecule has 3 unspecified atom stereocenters. The lowest BCUT2D eigenvalue weighted by molar-refractivity contribution is -0.211. The minimum absolute atomic E-state index is 0.0181. The van der Waals surface area contributed by atoms with Crippen molar-refractivity contribution in [2.24, 2.45) is 5.92 Å². The van der Waals surface area contributed by atoms with Crippen molar-refractivity contribution in [1.29, 1.82) is 0 Å². The number of hydrogen-bond donors (Lipinski definition) is 1. The molecule has 0 amide bonds. The second kappa shape index (κ2) is 8.09. The fraction of sp³-hybridized carbons (Fsp3) is 1.00. The van der Waals surface area contributed by atoms with Crippen LogP contribution in [0.3, 0.4) is 0 Å². The average molecular weight is 363 g/mol. The molecule has 2 saturated heterocycles. The molecule has 4 fully saturated rings. The van der Waals surface area contributed by atoms with Crippen LogP contribution in [0.1, 0.15) is 96.8 Å². The van der Waals surface area contributed by atoms with E-state index in [9.17, 15) is 5.11 Å². The van der Waals surface area contributed by atoms with Crippen LogP contribution >= 0.6 is 0 Å². The zero-order valence-corrected chi connectivity index (χ0v) is 17.2. The van der Waals surface area contributed by atoms with Crippen LogP contribution in [-0.4, -0.2) is 58.3 Å². The third-order valence-electron chi connectivity index (χ3n) is 8.62. The van der Waals surface area contributed by atoms with Crippen molar-refractivity contribution in [1.82, 2.24) is 9.80 Å². The van der Waals surface area contributed by atoms with Gasteiger partial charge in [-0.15, -0.1) is 0 Å². The smallest absolute Gasteiger partial charge is 0.101 e. The van der Waals surface area contributed by atoms with E-state index in [0.29, 0.717) is 12.0 Å². The van der Waals surface area contributed by atoms with Gasteiger partial charge in [-0.1, -0.05) is 32.1 Å². The van der Waals surface area contributed by atoms with Crippen LogP contribution in [0.15, 0.2) is 0 Å². The fourth-order valence-electron chi connectivity index (χ4n) is 7.16. The Labute approximate surface area is 161 Å². The molecule has 2 aliphatic heterocycles. The molecule has 0 aromatic carbocycles. The van der Waals surface area contributed by atoms with E-state index in [1.165, 1.54) is 116 Å². The number of hydrogen-bond acceptors (Lipinski definition) is 3. The monoisotopic (exact) mass is 362 g/mol.